The Balaban J connectivity index is 1.59. The molecule has 0 radical (unpaired) electrons. The number of fused-ring (bicyclic) bond motifs is 1. The van der Waals surface area contributed by atoms with Crippen LogP contribution in [-0.4, -0.2) is 68.7 Å². The van der Waals surface area contributed by atoms with E-state index in [0.29, 0.717) is 24.3 Å². The van der Waals surface area contributed by atoms with Gasteiger partial charge >= 0.3 is 5.97 Å². The second kappa shape index (κ2) is 7.11. The van der Waals surface area contributed by atoms with E-state index in [1.165, 1.54) is 0 Å². The van der Waals surface area contributed by atoms with Crippen molar-refractivity contribution in [1.29, 1.82) is 0 Å². The Morgan fingerprint density at radius 3 is 3.00 bits per heavy atom. The summed E-state index contributed by atoms with van der Waals surface area (Å²) in [5.74, 6) is 0.823. The molecule has 118 valence electrons. The molecule has 1 atom stereocenters. The number of nitrogens with zero attached hydrogens (tertiary/aromatic N) is 1. The van der Waals surface area contributed by atoms with Crippen LogP contribution in [-0.2, 0) is 9.53 Å². The highest BCUT2D eigenvalue weighted by Crippen LogP contribution is 2.35. The van der Waals surface area contributed by atoms with Crippen LogP contribution in [0.5, 0.6) is 11.5 Å². The van der Waals surface area contributed by atoms with Crippen LogP contribution < -0.4 is 9.47 Å². The van der Waals surface area contributed by atoms with Crippen molar-refractivity contribution in [3.8, 4) is 11.5 Å². The Hall–Kier alpha value is -1.31. The third kappa shape index (κ3) is 5.18. The maximum Gasteiger partial charge on any atom is 0.359 e. The fraction of sp³-hybridized carbons (Fsp3) is 0.643. The molecule has 0 saturated heterocycles. The second-order valence-electron chi connectivity index (χ2n) is 5.79. The van der Waals surface area contributed by atoms with Gasteiger partial charge in [-0.1, -0.05) is 0 Å². The normalized spacial score (nSPS) is 17.7. The molecule has 1 N–H and O–H groups in total. The molecule has 2 rings (SSSR count). The highest BCUT2D eigenvalue weighted by atomic mass is 32.1. The highest BCUT2D eigenvalue weighted by molar-refractivity contribution is 7.08. The van der Waals surface area contributed by atoms with Gasteiger partial charge in [0.25, 0.3) is 0 Å². The van der Waals surface area contributed by atoms with E-state index in [1.807, 2.05) is 24.9 Å². The predicted molar refractivity (Wildman–Crippen MR) is 79.1 cm³/mol. The summed E-state index contributed by atoms with van der Waals surface area (Å²) in [5, 5.41) is 12.7. The third-order valence-corrected chi connectivity index (χ3v) is 3.93. The fourth-order valence-electron chi connectivity index (χ4n) is 2.20. The van der Waals surface area contributed by atoms with Crippen molar-refractivity contribution in [2.75, 3.05) is 47.0 Å². The minimum atomic E-state index is -0.778. The third-order valence-electron chi connectivity index (χ3n) is 3.23. The summed E-state index contributed by atoms with van der Waals surface area (Å²) in [7, 11) is 3.81. The molecule has 2 heterocycles. The Morgan fingerprint density at radius 1 is 1.48 bits per heavy atom. The summed E-state index contributed by atoms with van der Waals surface area (Å²) in [6.07, 6.45) is 0.742. The average Bonchev–Trinajstić information content (AvgIpc) is 2.84. The first-order chi connectivity index (χ1) is 9.96. The van der Waals surface area contributed by atoms with Gasteiger partial charge < -0.3 is 23.8 Å². The monoisotopic (exact) mass is 316 g/mol. The molecular formula is C14H22NO5S+. The van der Waals surface area contributed by atoms with Gasteiger partial charge in [0, 0.05) is 17.2 Å². The predicted octanol–water partition coefficient (Wildman–Crippen LogP) is 1.46. The van der Waals surface area contributed by atoms with Gasteiger partial charge in [-0.05, 0) is 0 Å². The zero-order valence-corrected chi connectivity index (χ0v) is 13.2. The molecular weight excluding hydrogens is 294 g/mol. The first-order valence-electron chi connectivity index (χ1n) is 6.93. The molecule has 1 aromatic heterocycles. The number of aliphatic carboxylic acids is 1. The van der Waals surface area contributed by atoms with Gasteiger partial charge in [0.1, 0.15) is 6.61 Å². The lowest BCUT2D eigenvalue weighted by atomic mass is 10.3. The molecule has 6 nitrogen and oxygen atoms in total. The maximum atomic E-state index is 10.7. The lowest BCUT2D eigenvalue weighted by Gasteiger charge is -2.28. The SMILES string of the molecule is C[N+](C)(CCCOCC1COc2cscc2O1)CC(=O)O. The number of hydrogen-bond donors (Lipinski definition) is 1. The molecule has 21 heavy (non-hydrogen) atoms. The van der Waals surface area contributed by atoms with E-state index in [4.69, 9.17) is 19.3 Å². The molecule has 0 fully saturated rings. The van der Waals surface area contributed by atoms with Gasteiger partial charge in [0.15, 0.2) is 24.1 Å². The summed E-state index contributed by atoms with van der Waals surface area (Å²) >= 11 is 1.56. The summed E-state index contributed by atoms with van der Waals surface area (Å²) in [5.41, 5.74) is 0. The Bertz CT molecular complexity index is 474. The van der Waals surface area contributed by atoms with Gasteiger partial charge in [-0.2, -0.15) is 0 Å². The van der Waals surface area contributed by atoms with Crippen molar-refractivity contribution in [3.05, 3.63) is 10.8 Å². The largest absolute Gasteiger partial charge is 0.485 e. The fourth-order valence-corrected chi connectivity index (χ4v) is 2.87. The van der Waals surface area contributed by atoms with Crippen LogP contribution >= 0.6 is 11.3 Å². The van der Waals surface area contributed by atoms with E-state index in [1.54, 1.807) is 11.3 Å². The second-order valence-corrected chi connectivity index (χ2v) is 6.53. The zero-order chi connectivity index (χ0) is 15.3. The van der Waals surface area contributed by atoms with Gasteiger partial charge in [-0.15, -0.1) is 11.3 Å². The van der Waals surface area contributed by atoms with Crippen LogP contribution in [0.4, 0.5) is 0 Å². The van der Waals surface area contributed by atoms with Crippen molar-refractivity contribution in [3.63, 3.8) is 0 Å². The summed E-state index contributed by atoms with van der Waals surface area (Å²) in [6, 6.07) is 0. The van der Waals surface area contributed by atoms with Crippen molar-refractivity contribution in [2.45, 2.75) is 12.5 Å². The number of quaternary nitrogens is 1. The van der Waals surface area contributed by atoms with Gasteiger partial charge in [-0.3, -0.25) is 0 Å². The van der Waals surface area contributed by atoms with Gasteiger partial charge in [0.05, 0.1) is 33.9 Å². The number of likely N-dealkylation sites (N-methyl/N-ethyl adjacent to an activating group) is 1. The quantitative estimate of drug-likeness (QED) is 0.581. The van der Waals surface area contributed by atoms with Crippen LogP contribution in [0.3, 0.4) is 0 Å². The Kier molecular flexibility index (Phi) is 5.44. The number of ether oxygens (including phenoxy) is 3. The van der Waals surface area contributed by atoms with Crippen LogP contribution in [0.2, 0.25) is 0 Å². The maximum absolute atomic E-state index is 10.7. The van der Waals surface area contributed by atoms with E-state index in [0.717, 1.165) is 24.5 Å². The lowest BCUT2D eigenvalue weighted by molar-refractivity contribution is -0.883. The minimum absolute atomic E-state index is 0.0754. The van der Waals surface area contributed by atoms with E-state index >= 15 is 0 Å². The Labute approximate surface area is 128 Å². The van der Waals surface area contributed by atoms with Crippen molar-refractivity contribution >= 4 is 17.3 Å². The standard InChI is InChI=1S/C14H21NO5S/c1-15(2,6-14(16)17)4-3-5-18-7-11-8-19-12-9-21-10-13(12)20-11/h9-11H,3-8H2,1-2H3/p+1. The molecule has 1 aromatic rings. The highest BCUT2D eigenvalue weighted by Gasteiger charge is 2.22. The van der Waals surface area contributed by atoms with Crippen molar-refractivity contribution < 1.29 is 28.6 Å². The molecule has 0 aromatic carbocycles. The average molecular weight is 316 g/mol. The number of thiophene rings is 1. The number of hydrogen-bond acceptors (Lipinski definition) is 5. The zero-order valence-electron chi connectivity index (χ0n) is 12.4. The van der Waals surface area contributed by atoms with Gasteiger partial charge in [0.2, 0.25) is 0 Å². The van der Waals surface area contributed by atoms with Crippen molar-refractivity contribution in [2.24, 2.45) is 0 Å². The minimum Gasteiger partial charge on any atom is -0.485 e. The molecule has 0 aliphatic carbocycles. The lowest BCUT2D eigenvalue weighted by Crippen LogP contribution is -2.44. The molecule has 1 aliphatic heterocycles. The molecule has 0 saturated carbocycles. The number of rotatable bonds is 8. The van der Waals surface area contributed by atoms with Crippen molar-refractivity contribution in [1.82, 2.24) is 0 Å². The molecule has 1 aliphatic rings. The van der Waals surface area contributed by atoms with Gasteiger partial charge in [-0.25, -0.2) is 4.79 Å². The smallest absolute Gasteiger partial charge is 0.359 e. The molecule has 0 spiro atoms. The van der Waals surface area contributed by atoms with Crippen LogP contribution in [0.15, 0.2) is 10.8 Å². The van der Waals surface area contributed by atoms with Crippen LogP contribution in [0.25, 0.3) is 0 Å². The van der Waals surface area contributed by atoms with E-state index in [9.17, 15) is 4.79 Å². The van der Waals surface area contributed by atoms with Crippen LogP contribution in [0, 0.1) is 0 Å². The van der Waals surface area contributed by atoms with E-state index < -0.39 is 5.97 Å². The van der Waals surface area contributed by atoms with E-state index in [2.05, 4.69) is 0 Å². The molecule has 1 unspecified atom stereocenters. The van der Waals surface area contributed by atoms with Crippen LogP contribution in [0.1, 0.15) is 6.42 Å². The number of carboxylic acid groups (broad SMARTS) is 1. The topological polar surface area (TPSA) is 65.0 Å². The van der Waals surface area contributed by atoms with E-state index in [-0.39, 0.29) is 12.6 Å². The summed E-state index contributed by atoms with van der Waals surface area (Å²) in [6.45, 7) is 2.48. The number of carbonyl (C=O) groups is 1. The first kappa shape index (κ1) is 16.1. The Morgan fingerprint density at radius 2 is 2.24 bits per heavy atom. The molecule has 7 heteroatoms. The number of carboxylic acids is 1. The summed E-state index contributed by atoms with van der Waals surface area (Å²) in [4.78, 5) is 10.7. The first-order valence-corrected chi connectivity index (χ1v) is 7.88. The summed E-state index contributed by atoms with van der Waals surface area (Å²) < 4.78 is 17.4. The molecule has 0 amide bonds. The molecule has 0 bridgehead atoms.